The van der Waals surface area contributed by atoms with E-state index in [-0.39, 0.29) is 11.9 Å². The molecule has 2 N–H and O–H groups in total. The van der Waals surface area contributed by atoms with Gasteiger partial charge in [0.15, 0.2) is 0 Å². The summed E-state index contributed by atoms with van der Waals surface area (Å²) >= 11 is 1.46. The van der Waals surface area contributed by atoms with E-state index < -0.39 is 10.0 Å². The number of sulfonamides is 1. The molecule has 2 heterocycles. The second-order valence-electron chi connectivity index (χ2n) is 6.41. The van der Waals surface area contributed by atoms with Crippen LogP contribution in [0.3, 0.4) is 0 Å². The van der Waals surface area contributed by atoms with Crippen LogP contribution in [0.5, 0.6) is 0 Å². The predicted octanol–water partition coefficient (Wildman–Crippen LogP) is 3.38. The lowest BCUT2D eigenvalue weighted by molar-refractivity contribution is 0.0940. The smallest absolute Gasteiger partial charge is 0.251 e. The molecule has 1 atom stereocenters. The molecule has 3 aromatic rings. The maximum atomic E-state index is 12.6. The first-order chi connectivity index (χ1) is 13.2. The maximum absolute atomic E-state index is 12.6. The van der Waals surface area contributed by atoms with Gasteiger partial charge in [-0.3, -0.25) is 14.5 Å². The van der Waals surface area contributed by atoms with Gasteiger partial charge in [0.25, 0.3) is 5.91 Å². The number of carbonyl (C=O) groups is 1. The number of nitrogens with zero attached hydrogens (tertiary/aromatic N) is 2. The fraction of sp³-hybridized carbons (Fsp3) is 0.211. The van der Waals surface area contributed by atoms with Crippen LogP contribution in [-0.4, -0.2) is 30.5 Å². The van der Waals surface area contributed by atoms with E-state index in [1.54, 1.807) is 31.5 Å². The van der Waals surface area contributed by atoms with E-state index in [0.717, 1.165) is 28.1 Å². The van der Waals surface area contributed by atoms with Gasteiger partial charge >= 0.3 is 0 Å². The molecule has 7 nitrogen and oxygen atoms in total. The highest BCUT2D eigenvalue weighted by molar-refractivity contribution is 7.92. The quantitative estimate of drug-likeness (QED) is 0.641. The van der Waals surface area contributed by atoms with Crippen molar-refractivity contribution < 1.29 is 13.2 Å². The van der Waals surface area contributed by atoms with Gasteiger partial charge in [0, 0.05) is 28.9 Å². The van der Waals surface area contributed by atoms with Crippen LogP contribution in [0.2, 0.25) is 0 Å². The number of pyridine rings is 1. The maximum Gasteiger partial charge on any atom is 0.251 e. The SMILES string of the molecule is Cc1ccc(C(=O)NC(C)c2nc(-c3cccnc3)cs2)cc1NS(C)(=O)=O. The number of aromatic nitrogens is 2. The molecule has 2 aromatic heterocycles. The molecule has 1 unspecified atom stereocenters. The van der Waals surface area contributed by atoms with E-state index in [1.807, 2.05) is 24.4 Å². The third-order valence-corrected chi connectivity index (χ3v) is 5.61. The molecule has 146 valence electrons. The van der Waals surface area contributed by atoms with Crippen LogP contribution in [0.1, 0.15) is 33.9 Å². The first-order valence-electron chi connectivity index (χ1n) is 8.48. The van der Waals surface area contributed by atoms with E-state index in [1.165, 1.54) is 17.4 Å². The van der Waals surface area contributed by atoms with Crippen molar-refractivity contribution in [1.82, 2.24) is 15.3 Å². The first kappa shape index (κ1) is 20.0. The summed E-state index contributed by atoms with van der Waals surface area (Å²) in [5.74, 6) is -0.304. The summed E-state index contributed by atoms with van der Waals surface area (Å²) in [6.07, 6.45) is 4.52. The van der Waals surface area contributed by atoms with Gasteiger partial charge in [-0.25, -0.2) is 13.4 Å². The van der Waals surface area contributed by atoms with Gasteiger partial charge in [-0.05, 0) is 43.7 Å². The normalized spacial score (nSPS) is 12.4. The van der Waals surface area contributed by atoms with E-state index in [4.69, 9.17) is 0 Å². The summed E-state index contributed by atoms with van der Waals surface area (Å²) in [5, 5.41) is 5.60. The monoisotopic (exact) mass is 416 g/mol. The molecule has 0 aliphatic heterocycles. The number of rotatable bonds is 6. The lowest BCUT2D eigenvalue weighted by Gasteiger charge is -2.13. The Labute approximate surface area is 167 Å². The second-order valence-corrected chi connectivity index (χ2v) is 9.05. The standard InChI is InChI=1S/C19H20N4O3S2/c1-12-6-7-14(9-16(12)23-28(3,25)26)18(24)21-13(2)19-22-17(11-27-19)15-5-4-8-20-10-15/h4-11,13,23H,1-3H3,(H,21,24). The average Bonchev–Trinajstić information content (AvgIpc) is 3.13. The molecular weight excluding hydrogens is 396 g/mol. The van der Waals surface area contributed by atoms with Crippen LogP contribution in [-0.2, 0) is 10.0 Å². The summed E-state index contributed by atoms with van der Waals surface area (Å²) in [7, 11) is -3.43. The third-order valence-electron chi connectivity index (χ3n) is 3.99. The molecule has 1 amide bonds. The minimum Gasteiger partial charge on any atom is -0.343 e. The zero-order valence-corrected chi connectivity index (χ0v) is 17.3. The highest BCUT2D eigenvalue weighted by Crippen LogP contribution is 2.25. The molecule has 28 heavy (non-hydrogen) atoms. The molecule has 0 aliphatic rings. The highest BCUT2D eigenvalue weighted by atomic mass is 32.2. The number of carbonyl (C=O) groups excluding carboxylic acids is 1. The second kappa shape index (κ2) is 8.07. The minimum absolute atomic E-state index is 0.296. The van der Waals surface area contributed by atoms with Crippen LogP contribution in [0.25, 0.3) is 11.3 Å². The van der Waals surface area contributed by atoms with Crippen molar-refractivity contribution in [2.24, 2.45) is 0 Å². The number of amides is 1. The van der Waals surface area contributed by atoms with Gasteiger partial charge < -0.3 is 5.32 Å². The Balaban J connectivity index is 1.74. The Bertz CT molecular complexity index is 1100. The molecule has 0 bridgehead atoms. The molecular formula is C19H20N4O3S2. The summed E-state index contributed by atoms with van der Waals surface area (Å²) < 4.78 is 25.4. The fourth-order valence-electron chi connectivity index (χ4n) is 2.55. The molecule has 0 radical (unpaired) electrons. The average molecular weight is 417 g/mol. The fourth-order valence-corrected chi connectivity index (χ4v) is 4.00. The molecule has 3 rings (SSSR count). The number of thiazole rings is 1. The van der Waals surface area contributed by atoms with Crippen LogP contribution in [0.15, 0.2) is 48.1 Å². The highest BCUT2D eigenvalue weighted by Gasteiger charge is 2.16. The van der Waals surface area contributed by atoms with Gasteiger partial charge in [-0.1, -0.05) is 6.07 Å². The lowest BCUT2D eigenvalue weighted by Crippen LogP contribution is -2.26. The summed E-state index contributed by atoms with van der Waals surface area (Å²) in [4.78, 5) is 21.3. The zero-order valence-electron chi connectivity index (χ0n) is 15.6. The number of hydrogen-bond donors (Lipinski definition) is 2. The summed E-state index contributed by atoms with van der Waals surface area (Å²) in [6, 6.07) is 8.37. The van der Waals surface area contributed by atoms with Crippen molar-refractivity contribution in [3.63, 3.8) is 0 Å². The van der Waals surface area contributed by atoms with Crippen LogP contribution in [0.4, 0.5) is 5.69 Å². The van der Waals surface area contributed by atoms with Crippen LogP contribution >= 0.6 is 11.3 Å². The minimum atomic E-state index is -3.43. The van der Waals surface area contributed by atoms with Crippen molar-refractivity contribution in [2.75, 3.05) is 11.0 Å². The van der Waals surface area contributed by atoms with E-state index in [9.17, 15) is 13.2 Å². The first-order valence-corrected chi connectivity index (χ1v) is 11.2. The Morgan fingerprint density at radius 1 is 1.25 bits per heavy atom. The number of nitrogens with one attached hydrogen (secondary N) is 2. The number of hydrogen-bond acceptors (Lipinski definition) is 6. The third kappa shape index (κ3) is 4.93. The van der Waals surface area contributed by atoms with Gasteiger partial charge in [0.2, 0.25) is 10.0 Å². The van der Waals surface area contributed by atoms with Crippen molar-refractivity contribution in [3.8, 4) is 11.3 Å². The molecule has 0 saturated carbocycles. The van der Waals surface area contributed by atoms with Gasteiger partial charge in [-0.15, -0.1) is 11.3 Å². The largest absolute Gasteiger partial charge is 0.343 e. The Kier molecular flexibility index (Phi) is 5.76. The molecule has 0 saturated heterocycles. The Morgan fingerprint density at radius 2 is 2.04 bits per heavy atom. The van der Waals surface area contributed by atoms with E-state index in [0.29, 0.717) is 11.3 Å². The lowest BCUT2D eigenvalue weighted by atomic mass is 10.1. The summed E-state index contributed by atoms with van der Waals surface area (Å²) in [5.41, 5.74) is 3.21. The van der Waals surface area contributed by atoms with E-state index >= 15 is 0 Å². The number of benzene rings is 1. The molecule has 9 heteroatoms. The van der Waals surface area contributed by atoms with Crippen molar-refractivity contribution in [2.45, 2.75) is 19.9 Å². The Morgan fingerprint density at radius 3 is 2.71 bits per heavy atom. The molecule has 0 aliphatic carbocycles. The topological polar surface area (TPSA) is 101 Å². The zero-order chi connectivity index (χ0) is 20.3. The molecule has 0 fully saturated rings. The van der Waals surface area contributed by atoms with Crippen LogP contribution in [0, 0.1) is 6.92 Å². The van der Waals surface area contributed by atoms with Gasteiger partial charge in [-0.2, -0.15) is 0 Å². The van der Waals surface area contributed by atoms with Crippen molar-refractivity contribution in [1.29, 1.82) is 0 Å². The van der Waals surface area contributed by atoms with Crippen molar-refractivity contribution >= 4 is 33.0 Å². The summed E-state index contributed by atoms with van der Waals surface area (Å²) in [6.45, 7) is 3.63. The van der Waals surface area contributed by atoms with Gasteiger partial charge in [0.1, 0.15) is 5.01 Å². The van der Waals surface area contributed by atoms with Gasteiger partial charge in [0.05, 0.1) is 23.7 Å². The van der Waals surface area contributed by atoms with Crippen molar-refractivity contribution in [3.05, 3.63) is 64.2 Å². The number of anilines is 1. The molecule has 0 spiro atoms. The predicted molar refractivity (Wildman–Crippen MR) is 111 cm³/mol. The number of aryl methyl sites for hydroxylation is 1. The molecule has 1 aromatic carbocycles. The van der Waals surface area contributed by atoms with E-state index in [2.05, 4.69) is 20.0 Å². The van der Waals surface area contributed by atoms with Crippen LogP contribution < -0.4 is 10.0 Å². The Hall–Kier alpha value is -2.78.